The molecule has 0 saturated heterocycles. The van der Waals surface area contributed by atoms with Crippen molar-refractivity contribution in [3.63, 3.8) is 0 Å². The molecule has 4 rings (SSSR count). The summed E-state index contributed by atoms with van der Waals surface area (Å²) in [7, 11) is 1.63. The van der Waals surface area contributed by atoms with E-state index in [-0.39, 0.29) is 16.9 Å². The summed E-state index contributed by atoms with van der Waals surface area (Å²) in [6, 6.07) is 7.96. The van der Waals surface area contributed by atoms with Crippen LogP contribution < -0.4 is 5.56 Å². The molecule has 138 valence electrons. The second-order valence-electron chi connectivity index (χ2n) is 6.30. The fourth-order valence-electron chi connectivity index (χ4n) is 3.20. The second-order valence-corrected chi connectivity index (χ2v) is 6.30. The molecule has 3 aromatic heterocycles. The van der Waals surface area contributed by atoms with Gasteiger partial charge in [-0.25, -0.2) is 8.91 Å². The minimum atomic E-state index is -0.307. The first kappa shape index (κ1) is 17.3. The van der Waals surface area contributed by atoms with Crippen LogP contribution in [-0.2, 0) is 11.3 Å². The van der Waals surface area contributed by atoms with Gasteiger partial charge in [0.1, 0.15) is 11.3 Å². The SMILES string of the molecule is COCCCn1ccc2c(nnc3c(-c4ccc(F)cc4)c(C)nn32)c1=O. The van der Waals surface area contributed by atoms with E-state index >= 15 is 0 Å². The molecule has 0 amide bonds. The van der Waals surface area contributed by atoms with E-state index in [1.807, 2.05) is 13.0 Å². The van der Waals surface area contributed by atoms with Crippen LogP contribution in [0.2, 0.25) is 0 Å². The molecule has 4 aromatic rings. The highest BCUT2D eigenvalue weighted by Crippen LogP contribution is 2.28. The van der Waals surface area contributed by atoms with Gasteiger partial charge in [-0.05, 0) is 37.1 Å². The summed E-state index contributed by atoms with van der Waals surface area (Å²) in [5.41, 5.74) is 3.46. The fourth-order valence-corrected chi connectivity index (χ4v) is 3.20. The van der Waals surface area contributed by atoms with Crippen molar-refractivity contribution in [3.8, 4) is 11.1 Å². The van der Waals surface area contributed by atoms with Crippen LogP contribution in [0.4, 0.5) is 4.39 Å². The Kier molecular flexibility index (Phi) is 4.41. The van der Waals surface area contributed by atoms with Gasteiger partial charge < -0.3 is 9.30 Å². The van der Waals surface area contributed by atoms with Crippen LogP contribution in [-0.4, -0.2) is 38.1 Å². The minimum Gasteiger partial charge on any atom is -0.385 e. The average Bonchev–Trinajstić information content (AvgIpc) is 3.00. The van der Waals surface area contributed by atoms with Crippen molar-refractivity contribution < 1.29 is 9.13 Å². The summed E-state index contributed by atoms with van der Waals surface area (Å²) in [6.07, 6.45) is 2.46. The molecule has 7 nitrogen and oxygen atoms in total. The van der Waals surface area contributed by atoms with Gasteiger partial charge in [-0.1, -0.05) is 12.1 Å². The number of halogens is 1. The van der Waals surface area contributed by atoms with Gasteiger partial charge in [0.25, 0.3) is 5.56 Å². The van der Waals surface area contributed by atoms with Gasteiger partial charge in [-0.2, -0.15) is 5.10 Å². The van der Waals surface area contributed by atoms with Gasteiger partial charge in [0, 0.05) is 26.5 Å². The number of benzene rings is 1. The fraction of sp³-hybridized carbons (Fsp3) is 0.263. The monoisotopic (exact) mass is 367 g/mol. The molecular weight excluding hydrogens is 349 g/mol. The van der Waals surface area contributed by atoms with Gasteiger partial charge in [0.05, 0.1) is 11.3 Å². The lowest BCUT2D eigenvalue weighted by atomic mass is 10.1. The molecule has 0 radical (unpaired) electrons. The number of hydrogen-bond acceptors (Lipinski definition) is 5. The number of aromatic nitrogens is 5. The molecule has 0 aliphatic rings. The Morgan fingerprint density at radius 1 is 1.15 bits per heavy atom. The average molecular weight is 367 g/mol. The van der Waals surface area contributed by atoms with Crippen molar-refractivity contribution in [3.05, 3.63) is 58.4 Å². The summed E-state index contributed by atoms with van der Waals surface area (Å²) in [6.45, 7) is 2.97. The van der Waals surface area contributed by atoms with Crippen molar-refractivity contribution in [2.75, 3.05) is 13.7 Å². The third-order valence-electron chi connectivity index (χ3n) is 4.51. The van der Waals surface area contributed by atoms with Crippen LogP contribution in [0, 0.1) is 12.7 Å². The Morgan fingerprint density at radius 3 is 2.67 bits per heavy atom. The van der Waals surface area contributed by atoms with E-state index < -0.39 is 0 Å². The number of ether oxygens (including phenoxy) is 1. The van der Waals surface area contributed by atoms with E-state index in [0.717, 1.165) is 23.2 Å². The first-order chi connectivity index (χ1) is 13.1. The largest absolute Gasteiger partial charge is 0.385 e. The van der Waals surface area contributed by atoms with Crippen LogP contribution >= 0.6 is 0 Å². The normalized spacial score (nSPS) is 11.5. The van der Waals surface area contributed by atoms with E-state index in [1.165, 1.54) is 12.1 Å². The molecule has 27 heavy (non-hydrogen) atoms. The number of hydrogen-bond donors (Lipinski definition) is 0. The summed E-state index contributed by atoms with van der Waals surface area (Å²) < 4.78 is 21.5. The smallest absolute Gasteiger partial charge is 0.280 e. The number of fused-ring (bicyclic) bond motifs is 3. The van der Waals surface area contributed by atoms with E-state index in [1.54, 1.807) is 34.5 Å². The Morgan fingerprint density at radius 2 is 1.93 bits per heavy atom. The van der Waals surface area contributed by atoms with Crippen LogP contribution in [0.3, 0.4) is 0 Å². The number of aryl methyl sites for hydroxylation is 2. The van der Waals surface area contributed by atoms with E-state index in [9.17, 15) is 9.18 Å². The first-order valence-electron chi connectivity index (χ1n) is 8.60. The molecule has 0 saturated carbocycles. The molecule has 0 fully saturated rings. The molecule has 0 N–H and O–H groups in total. The van der Waals surface area contributed by atoms with E-state index in [0.29, 0.717) is 24.3 Å². The molecule has 3 heterocycles. The summed E-state index contributed by atoms with van der Waals surface area (Å²) in [5, 5.41) is 12.9. The third kappa shape index (κ3) is 2.97. The Hall–Kier alpha value is -3.13. The van der Waals surface area contributed by atoms with Crippen LogP contribution in [0.1, 0.15) is 12.1 Å². The Labute approximate surface area is 154 Å². The summed E-state index contributed by atoms with van der Waals surface area (Å²) in [4.78, 5) is 12.7. The van der Waals surface area contributed by atoms with Crippen molar-refractivity contribution >= 4 is 16.7 Å². The molecule has 0 aliphatic heterocycles. The zero-order valence-corrected chi connectivity index (χ0v) is 15.0. The maximum absolute atomic E-state index is 13.3. The van der Waals surface area contributed by atoms with Crippen LogP contribution in [0.5, 0.6) is 0 Å². The van der Waals surface area contributed by atoms with Crippen molar-refractivity contribution in [1.29, 1.82) is 0 Å². The third-order valence-corrected chi connectivity index (χ3v) is 4.51. The highest BCUT2D eigenvalue weighted by molar-refractivity contribution is 5.84. The van der Waals surface area contributed by atoms with E-state index in [2.05, 4.69) is 15.3 Å². The lowest BCUT2D eigenvalue weighted by Crippen LogP contribution is -2.22. The Bertz CT molecular complexity index is 1180. The lowest BCUT2D eigenvalue weighted by Gasteiger charge is -2.07. The van der Waals surface area contributed by atoms with Crippen LogP contribution in [0.25, 0.3) is 27.8 Å². The summed E-state index contributed by atoms with van der Waals surface area (Å²) >= 11 is 0. The highest BCUT2D eigenvalue weighted by Gasteiger charge is 2.17. The predicted molar refractivity (Wildman–Crippen MR) is 99.2 cm³/mol. The number of methoxy groups -OCH3 is 1. The quantitative estimate of drug-likeness (QED) is 0.507. The molecule has 0 aliphatic carbocycles. The number of pyridine rings is 1. The van der Waals surface area contributed by atoms with Crippen molar-refractivity contribution in [2.24, 2.45) is 0 Å². The van der Waals surface area contributed by atoms with E-state index in [4.69, 9.17) is 4.74 Å². The van der Waals surface area contributed by atoms with Gasteiger partial charge in [0.2, 0.25) is 0 Å². The standard InChI is InChI=1S/C19H18FN5O2/c1-12-16(13-4-6-14(20)7-5-13)18-22-21-17-15(25(18)23-12)8-10-24(19(17)26)9-3-11-27-2/h4-8,10H,3,9,11H2,1-2H3. The molecule has 0 bridgehead atoms. The van der Waals surface area contributed by atoms with Crippen LogP contribution in [0.15, 0.2) is 41.3 Å². The highest BCUT2D eigenvalue weighted by atomic mass is 19.1. The maximum Gasteiger partial charge on any atom is 0.280 e. The van der Waals surface area contributed by atoms with Crippen molar-refractivity contribution in [1.82, 2.24) is 24.4 Å². The molecule has 0 spiro atoms. The zero-order valence-electron chi connectivity index (χ0n) is 15.0. The predicted octanol–water partition coefficient (Wildman–Crippen LogP) is 2.59. The molecular formula is C19H18FN5O2. The zero-order chi connectivity index (χ0) is 19.0. The van der Waals surface area contributed by atoms with Gasteiger partial charge in [-0.3, -0.25) is 4.79 Å². The molecule has 8 heteroatoms. The number of nitrogens with zero attached hydrogens (tertiary/aromatic N) is 5. The first-order valence-corrected chi connectivity index (χ1v) is 8.60. The maximum atomic E-state index is 13.3. The topological polar surface area (TPSA) is 74.3 Å². The van der Waals surface area contributed by atoms with Gasteiger partial charge in [-0.15, -0.1) is 10.2 Å². The second kappa shape index (κ2) is 6.88. The minimum absolute atomic E-state index is 0.213. The lowest BCUT2D eigenvalue weighted by molar-refractivity contribution is 0.190. The van der Waals surface area contributed by atoms with Crippen molar-refractivity contribution in [2.45, 2.75) is 19.9 Å². The Balaban J connectivity index is 1.87. The number of rotatable bonds is 5. The molecule has 0 unspecified atom stereocenters. The summed E-state index contributed by atoms with van der Waals surface area (Å²) in [5.74, 6) is -0.307. The van der Waals surface area contributed by atoms with Gasteiger partial charge >= 0.3 is 0 Å². The molecule has 1 aromatic carbocycles. The molecule has 0 atom stereocenters. The van der Waals surface area contributed by atoms with Gasteiger partial charge in [0.15, 0.2) is 11.2 Å².